The number of aromatic nitrogens is 2. The first-order valence-corrected chi connectivity index (χ1v) is 18.9. The molecule has 3 aromatic heterocycles. The molecule has 0 saturated carbocycles. The van der Waals surface area contributed by atoms with Gasteiger partial charge in [-0.25, -0.2) is 0 Å². The van der Waals surface area contributed by atoms with Gasteiger partial charge in [0.2, 0.25) is 0 Å². The standard InChI is InChI=1S/C52H30N2O/c1-2-12-31(13-3-1)32-14-10-15-33(30-32)53-50-40(27-29-47-49(50)43-19-7-9-23-46(43)55-47)41-25-24-39-36-18-6-8-22-44(36)54(52(39)51(41)53)45-28-26-38-35-17-5-4-16-34(35)37-20-11-21-42(45)48(37)38/h1-30H. The molecular weight excluding hydrogens is 669 g/mol. The van der Waals surface area contributed by atoms with Gasteiger partial charge < -0.3 is 13.6 Å². The SMILES string of the molecule is c1ccc(-c2cccc(-n3c4c(ccc5oc6ccccc6c54)c4ccc5c6ccccc6n(-c6ccc7c8c(cccc68)-c6ccccc6-7)c5c43)c2)cc1. The highest BCUT2D eigenvalue weighted by molar-refractivity contribution is 6.30. The molecule has 55 heavy (non-hydrogen) atoms. The lowest BCUT2D eigenvalue weighted by Crippen LogP contribution is -2.00. The van der Waals surface area contributed by atoms with E-state index in [0.717, 1.165) is 33.1 Å². The summed E-state index contributed by atoms with van der Waals surface area (Å²) in [4.78, 5) is 0. The zero-order valence-electron chi connectivity index (χ0n) is 29.6. The summed E-state index contributed by atoms with van der Waals surface area (Å²) in [5.41, 5.74) is 16.4. The van der Waals surface area contributed by atoms with Crippen molar-refractivity contribution in [3.05, 3.63) is 182 Å². The molecule has 3 heteroatoms. The van der Waals surface area contributed by atoms with Crippen LogP contribution in [0.25, 0.3) is 121 Å². The second-order valence-corrected chi connectivity index (χ2v) is 14.8. The minimum atomic E-state index is 0.890. The summed E-state index contributed by atoms with van der Waals surface area (Å²) in [6.45, 7) is 0. The zero-order valence-corrected chi connectivity index (χ0v) is 29.6. The molecular formula is C52H30N2O. The Kier molecular flexibility index (Phi) is 5.63. The van der Waals surface area contributed by atoms with Crippen LogP contribution in [0.5, 0.6) is 0 Å². The van der Waals surface area contributed by atoms with E-state index in [2.05, 4.69) is 191 Å². The predicted octanol–water partition coefficient (Wildman–Crippen LogP) is 14.2. The lowest BCUT2D eigenvalue weighted by atomic mass is 10.0. The normalized spacial score (nSPS) is 12.4. The van der Waals surface area contributed by atoms with Crippen molar-refractivity contribution in [3.8, 4) is 44.8 Å². The maximum atomic E-state index is 6.55. The molecule has 0 bridgehead atoms. The van der Waals surface area contributed by atoms with Crippen LogP contribution in [0.15, 0.2) is 186 Å². The van der Waals surface area contributed by atoms with Gasteiger partial charge in [-0.3, -0.25) is 0 Å². The van der Waals surface area contributed by atoms with Crippen LogP contribution in [0.1, 0.15) is 0 Å². The summed E-state index contributed by atoms with van der Waals surface area (Å²) < 4.78 is 11.6. The molecule has 9 aromatic carbocycles. The van der Waals surface area contributed by atoms with E-state index in [9.17, 15) is 0 Å². The number of rotatable bonds is 3. The summed E-state index contributed by atoms with van der Waals surface area (Å²) in [6, 6.07) is 66.5. The lowest BCUT2D eigenvalue weighted by Gasteiger charge is -2.16. The van der Waals surface area contributed by atoms with Gasteiger partial charge in [0.25, 0.3) is 0 Å². The van der Waals surface area contributed by atoms with Gasteiger partial charge in [0.1, 0.15) is 11.2 Å². The number of fused-ring (bicyclic) bond motifs is 14. The van der Waals surface area contributed by atoms with Crippen LogP contribution in [0.4, 0.5) is 0 Å². The number of para-hydroxylation sites is 2. The average Bonchev–Trinajstić information content (AvgIpc) is 3.99. The van der Waals surface area contributed by atoms with Gasteiger partial charge in [-0.2, -0.15) is 0 Å². The second-order valence-electron chi connectivity index (χ2n) is 14.8. The quantitative estimate of drug-likeness (QED) is 0.180. The Bertz CT molecular complexity index is 3570. The molecule has 0 radical (unpaired) electrons. The summed E-state index contributed by atoms with van der Waals surface area (Å²) >= 11 is 0. The molecule has 0 aliphatic heterocycles. The zero-order chi connectivity index (χ0) is 35.8. The molecule has 12 aromatic rings. The summed E-state index contributed by atoms with van der Waals surface area (Å²) in [5, 5.41) is 9.70. The van der Waals surface area contributed by atoms with Crippen LogP contribution in [0.2, 0.25) is 0 Å². The third-order valence-electron chi connectivity index (χ3n) is 12.0. The number of nitrogens with zero attached hydrogens (tertiary/aromatic N) is 2. The van der Waals surface area contributed by atoms with E-state index < -0.39 is 0 Å². The molecule has 0 fully saturated rings. The van der Waals surface area contributed by atoms with Crippen LogP contribution < -0.4 is 0 Å². The largest absolute Gasteiger partial charge is 0.456 e. The molecule has 0 atom stereocenters. The predicted molar refractivity (Wildman–Crippen MR) is 230 cm³/mol. The number of furan rings is 1. The van der Waals surface area contributed by atoms with E-state index in [1.165, 1.54) is 87.9 Å². The molecule has 0 spiro atoms. The fourth-order valence-electron chi connectivity index (χ4n) is 9.80. The summed E-state index contributed by atoms with van der Waals surface area (Å²) in [5.74, 6) is 0. The van der Waals surface area contributed by atoms with Crippen LogP contribution in [-0.4, -0.2) is 9.13 Å². The van der Waals surface area contributed by atoms with E-state index in [4.69, 9.17) is 4.42 Å². The van der Waals surface area contributed by atoms with E-state index in [-0.39, 0.29) is 0 Å². The Morgan fingerprint density at radius 1 is 0.327 bits per heavy atom. The maximum absolute atomic E-state index is 6.55. The van der Waals surface area contributed by atoms with Crippen molar-refractivity contribution in [1.82, 2.24) is 9.13 Å². The first-order chi connectivity index (χ1) is 27.3. The highest BCUT2D eigenvalue weighted by atomic mass is 16.3. The highest BCUT2D eigenvalue weighted by Gasteiger charge is 2.27. The fourth-order valence-corrected chi connectivity index (χ4v) is 9.80. The Balaban J connectivity index is 1.25. The summed E-state index contributed by atoms with van der Waals surface area (Å²) in [6.07, 6.45) is 0. The van der Waals surface area contributed by atoms with Crippen molar-refractivity contribution < 1.29 is 4.42 Å². The lowest BCUT2D eigenvalue weighted by molar-refractivity contribution is 0.669. The smallest absolute Gasteiger partial charge is 0.137 e. The van der Waals surface area contributed by atoms with Crippen molar-refractivity contribution in [2.24, 2.45) is 0 Å². The van der Waals surface area contributed by atoms with Gasteiger partial charge >= 0.3 is 0 Å². The summed E-state index contributed by atoms with van der Waals surface area (Å²) in [7, 11) is 0. The molecule has 254 valence electrons. The monoisotopic (exact) mass is 698 g/mol. The minimum Gasteiger partial charge on any atom is -0.456 e. The van der Waals surface area contributed by atoms with E-state index in [1.807, 2.05) is 0 Å². The minimum absolute atomic E-state index is 0.890. The first-order valence-electron chi connectivity index (χ1n) is 18.9. The molecule has 0 N–H and O–H groups in total. The van der Waals surface area contributed by atoms with Crippen LogP contribution >= 0.6 is 0 Å². The molecule has 13 rings (SSSR count). The van der Waals surface area contributed by atoms with Gasteiger partial charge in [0.05, 0.1) is 33.1 Å². The number of hydrogen-bond acceptors (Lipinski definition) is 1. The Morgan fingerprint density at radius 3 is 1.82 bits per heavy atom. The Hall–Kier alpha value is -7.36. The van der Waals surface area contributed by atoms with Crippen molar-refractivity contribution in [1.29, 1.82) is 0 Å². The van der Waals surface area contributed by atoms with Crippen molar-refractivity contribution in [2.45, 2.75) is 0 Å². The second kappa shape index (κ2) is 10.6. The fraction of sp³-hybridized carbons (Fsp3) is 0. The average molecular weight is 699 g/mol. The topological polar surface area (TPSA) is 23.0 Å². The third-order valence-corrected chi connectivity index (χ3v) is 12.0. The molecule has 1 aliphatic carbocycles. The van der Waals surface area contributed by atoms with Gasteiger partial charge in [0, 0.05) is 38.0 Å². The van der Waals surface area contributed by atoms with E-state index in [1.54, 1.807) is 0 Å². The molecule has 0 amide bonds. The van der Waals surface area contributed by atoms with Crippen molar-refractivity contribution in [3.63, 3.8) is 0 Å². The van der Waals surface area contributed by atoms with Gasteiger partial charge in [-0.1, -0.05) is 140 Å². The maximum Gasteiger partial charge on any atom is 0.137 e. The van der Waals surface area contributed by atoms with Gasteiger partial charge in [-0.15, -0.1) is 0 Å². The molecule has 3 heterocycles. The third kappa shape index (κ3) is 3.79. The van der Waals surface area contributed by atoms with Crippen LogP contribution in [0, 0.1) is 0 Å². The first kappa shape index (κ1) is 29.1. The van der Waals surface area contributed by atoms with Crippen LogP contribution in [-0.2, 0) is 0 Å². The van der Waals surface area contributed by atoms with Gasteiger partial charge in [0.15, 0.2) is 0 Å². The van der Waals surface area contributed by atoms with E-state index in [0.29, 0.717) is 0 Å². The van der Waals surface area contributed by atoms with Crippen molar-refractivity contribution in [2.75, 3.05) is 0 Å². The molecule has 0 saturated heterocycles. The number of hydrogen-bond donors (Lipinski definition) is 0. The van der Waals surface area contributed by atoms with Gasteiger partial charge in [-0.05, 0) is 81.2 Å². The van der Waals surface area contributed by atoms with Crippen molar-refractivity contribution >= 4 is 76.3 Å². The Labute approximate surface area is 315 Å². The highest BCUT2D eigenvalue weighted by Crippen LogP contribution is 2.50. The Morgan fingerprint density at radius 2 is 0.945 bits per heavy atom. The molecule has 3 nitrogen and oxygen atoms in total. The molecule has 1 aliphatic rings. The molecule has 0 unspecified atom stereocenters. The van der Waals surface area contributed by atoms with Crippen LogP contribution in [0.3, 0.4) is 0 Å². The number of benzene rings is 9. The van der Waals surface area contributed by atoms with E-state index >= 15 is 0 Å².